The predicted octanol–water partition coefficient (Wildman–Crippen LogP) is 7.78. The highest BCUT2D eigenvalue weighted by molar-refractivity contribution is 6.36. The minimum atomic E-state index is -0.699. The van der Waals surface area contributed by atoms with Crippen molar-refractivity contribution >= 4 is 45.8 Å². The van der Waals surface area contributed by atoms with Crippen molar-refractivity contribution in [2.45, 2.75) is 63.6 Å². The van der Waals surface area contributed by atoms with Gasteiger partial charge >= 0.3 is 0 Å². The summed E-state index contributed by atoms with van der Waals surface area (Å²) in [6, 6.07) is 29.0. The number of rotatable bonds is 10. The molecule has 0 spiro atoms. The Balaban J connectivity index is 1.47. The van der Waals surface area contributed by atoms with E-state index in [9.17, 15) is 9.59 Å². The van der Waals surface area contributed by atoms with E-state index in [2.05, 4.69) is 29.6 Å². The van der Waals surface area contributed by atoms with Gasteiger partial charge in [0.05, 0.1) is 0 Å². The number of amides is 2. The molecule has 0 radical (unpaired) electrons. The van der Waals surface area contributed by atoms with Crippen molar-refractivity contribution in [2.75, 3.05) is 0 Å². The van der Waals surface area contributed by atoms with Crippen LogP contribution in [0.3, 0.4) is 0 Å². The highest BCUT2D eigenvalue weighted by atomic mass is 35.5. The lowest BCUT2D eigenvalue weighted by molar-refractivity contribution is -0.141. The monoisotopic (exact) mass is 572 g/mol. The summed E-state index contributed by atoms with van der Waals surface area (Å²) in [6.07, 6.45) is 5.38. The molecule has 4 aromatic rings. The molecule has 1 N–H and O–H groups in total. The molecule has 4 nitrogen and oxygen atoms in total. The van der Waals surface area contributed by atoms with Gasteiger partial charge in [-0.15, -0.1) is 0 Å². The van der Waals surface area contributed by atoms with Crippen molar-refractivity contribution in [2.24, 2.45) is 0 Å². The van der Waals surface area contributed by atoms with E-state index in [1.54, 1.807) is 23.1 Å². The number of halogens is 2. The molecule has 1 aliphatic rings. The molecule has 0 unspecified atom stereocenters. The smallest absolute Gasteiger partial charge is 0.243 e. The first kappa shape index (κ1) is 28.2. The lowest BCUT2D eigenvalue weighted by Crippen LogP contribution is -2.52. The summed E-state index contributed by atoms with van der Waals surface area (Å²) in [7, 11) is 0. The van der Waals surface area contributed by atoms with Crippen LogP contribution in [0.2, 0.25) is 10.0 Å². The molecule has 206 valence electrons. The molecule has 5 rings (SSSR count). The Hall–Kier alpha value is -3.34. The first-order chi connectivity index (χ1) is 19.5. The predicted molar refractivity (Wildman–Crippen MR) is 164 cm³/mol. The van der Waals surface area contributed by atoms with Gasteiger partial charge in [-0.25, -0.2) is 0 Å². The molecule has 0 aromatic heterocycles. The maximum absolute atomic E-state index is 14.1. The zero-order valence-corrected chi connectivity index (χ0v) is 24.0. The number of carbonyl (C=O) groups is 2. The molecule has 4 aromatic carbocycles. The fraction of sp³-hybridized carbons (Fsp3) is 0.294. The summed E-state index contributed by atoms with van der Waals surface area (Å²) in [5, 5.41) is 6.49. The maximum atomic E-state index is 14.1. The number of nitrogens with one attached hydrogen (secondary N) is 1. The molecule has 40 heavy (non-hydrogen) atoms. The molecule has 1 saturated carbocycles. The van der Waals surface area contributed by atoms with Crippen molar-refractivity contribution < 1.29 is 9.59 Å². The minimum Gasteiger partial charge on any atom is -0.352 e. The Bertz CT molecular complexity index is 1440. The third-order valence-electron chi connectivity index (χ3n) is 7.85. The lowest BCUT2D eigenvalue weighted by Gasteiger charge is -2.33. The molecule has 6 heteroatoms. The number of hydrogen-bond donors (Lipinski definition) is 1. The van der Waals surface area contributed by atoms with Gasteiger partial charge < -0.3 is 10.2 Å². The highest BCUT2D eigenvalue weighted by Gasteiger charge is 2.32. The van der Waals surface area contributed by atoms with Crippen LogP contribution in [0.1, 0.15) is 48.8 Å². The summed E-state index contributed by atoms with van der Waals surface area (Å²) in [5.41, 5.74) is 2.75. The summed E-state index contributed by atoms with van der Waals surface area (Å²) >= 11 is 13.2. The van der Waals surface area contributed by atoms with Crippen LogP contribution in [0.4, 0.5) is 0 Å². The second kappa shape index (κ2) is 13.3. The average molecular weight is 574 g/mol. The Morgan fingerprint density at radius 2 is 1.48 bits per heavy atom. The van der Waals surface area contributed by atoms with Crippen LogP contribution in [-0.2, 0) is 29.0 Å². The summed E-state index contributed by atoms with van der Waals surface area (Å²) < 4.78 is 0. The SMILES string of the molecule is O=C(NC1CCCC1)[C@H](Cc1ccccc1)N(Cc1c(Cl)cccc1Cl)C(=O)CCc1cccc2ccccc12. The number of nitrogens with zero attached hydrogens (tertiary/aromatic N) is 1. The standard InChI is InChI=1S/C34H34Cl2N2O2/c35-30-18-9-19-31(36)29(30)23-38(33(39)21-20-26-14-8-13-25-12-4-7-17-28(25)26)32(22-24-10-2-1-3-11-24)34(40)37-27-15-5-6-16-27/h1-4,7-14,17-19,27,32H,5-6,15-16,20-23H2,(H,37,40)/t32-/m0/s1. The van der Waals surface area contributed by atoms with Crippen molar-refractivity contribution in [3.05, 3.63) is 118 Å². The van der Waals surface area contributed by atoms with Gasteiger partial charge in [0, 0.05) is 41.0 Å². The molecule has 0 bridgehead atoms. The Labute approximate surface area is 246 Å². The van der Waals surface area contributed by atoms with Gasteiger partial charge in [0.15, 0.2) is 0 Å². The molecule has 2 amide bonds. The van der Waals surface area contributed by atoms with E-state index in [-0.39, 0.29) is 30.8 Å². The van der Waals surface area contributed by atoms with E-state index in [4.69, 9.17) is 23.2 Å². The number of hydrogen-bond acceptors (Lipinski definition) is 2. The summed E-state index contributed by atoms with van der Waals surface area (Å²) in [4.78, 5) is 29.7. The van der Waals surface area contributed by atoms with Gasteiger partial charge in [-0.3, -0.25) is 9.59 Å². The number of fused-ring (bicyclic) bond motifs is 1. The number of carbonyl (C=O) groups excluding carboxylic acids is 2. The van der Waals surface area contributed by atoms with Gasteiger partial charge in [0.1, 0.15) is 6.04 Å². The van der Waals surface area contributed by atoms with E-state index < -0.39 is 6.04 Å². The van der Waals surface area contributed by atoms with Crippen LogP contribution < -0.4 is 5.32 Å². The van der Waals surface area contributed by atoms with E-state index in [1.807, 2.05) is 48.5 Å². The molecule has 0 saturated heterocycles. The molecular formula is C34H34Cl2N2O2. The van der Waals surface area contributed by atoms with Crippen molar-refractivity contribution in [3.8, 4) is 0 Å². The second-order valence-corrected chi connectivity index (χ2v) is 11.4. The highest BCUT2D eigenvalue weighted by Crippen LogP contribution is 2.28. The molecule has 0 heterocycles. The van der Waals surface area contributed by atoms with E-state index in [1.165, 1.54) is 0 Å². The lowest BCUT2D eigenvalue weighted by atomic mass is 9.99. The number of benzene rings is 4. The van der Waals surface area contributed by atoms with Crippen LogP contribution >= 0.6 is 23.2 Å². The Morgan fingerprint density at radius 3 is 2.23 bits per heavy atom. The first-order valence-electron chi connectivity index (χ1n) is 14.0. The normalized spacial score (nSPS) is 14.2. The van der Waals surface area contributed by atoms with Gasteiger partial charge in [-0.1, -0.05) is 115 Å². The average Bonchev–Trinajstić information content (AvgIpc) is 3.48. The van der Waals surface area contributed by atoms with Gasteiger partial charge in [0.25, 0.3) is 0 Å². The molecule has 1 aliphatic carbocycles. The molecular weight excluding hydrogens is 539 g/mol. The second-order valence-electron chi connectivity index (χ2n) is 10.6. The fourth-order valence-corrected chi connectivity index (χ4v) is 6.19. The van der Waals surface area contributed by atoms with Crippen LogP contribution in [0, 0.1) is 0 Å². The molecule has 1 atom stereocenters. The third-order valence-corrected chi connectivity index (χ3v) is 8.56. The fourth-order valence-electron chi connectivity index (χ4n) is 5.67. The largest absolute Gasteiger partial charge is 0.352 e. The third kappa shape index (κ3) is 6.86. The number of aryl methyl sites for hydroxylation is 1. The maximum Gasteiger partial charge on any atom is 0.243 e. The summed E-state index contributed by atoms with van der Waals surface area (Å²) in [5.74, 6) is -0.233. The Kier molecular flexibility index (Phi) is 9.41. The summed E-state index contributed by atoms with van der Waals surface area (Å²) in [6.45, 7) is 0.155. The van der Waals surface area contributed by atoms with E-state index in [0.29, 0.717) is 28.5 Å². The zero-order chi connectivity index (χ0) is 27.9. The van der Waals surface area contributed by atoms with Gasteiger partial charge in [-0.05, 0) is 53.3 Å². The van der Waals surface area contributed by atoms with Crippen LogP contribution in [0.5, 0.6) is 0 Å². The van der Waals surface area contributed by atoms with Crippen LogP contribution in [0.15, 0.2) is 91.0 Å². The minimum absolute atomic E-state index is 0.105. The first-order valence-corrected chi connectivity index (χ1v) is 14.8. The van der Waals surface area contributed by atoms with Gasteiger partial charge in [-0.2, -0.15) is 0 Å². The quantitative estimate of drug-likeness (QED) is 0.211. The van der Waals surface area contributed by atoms with Crippen molar-refractivity contribution in [1.29, 1.82) is 0 Å². The zero-order valence-electron chi connectivity index (χ0n) is 22.5. The van der Waals surface area contributed by atoms with Crippen molar-refractivity contribution in [1.82, 2.24) is 10.2 Å². The van der Waals surface area contributed by atoms with Crippen LogP contribution in [0.25, 0.3) is 10.8 Å². The van der Waals surface area contributed by atoms with Gasteiger partial charge in [0.2, 0.25) is 11.8 Å². The van der Waals surface area contributed by atoms with E-state index in [0.717, 1.165) is 47.6 Å². The van der Waals surface area contributed by atoms with Crippen LogP contribution in [-0.4, -0.2) is 28.8 Å². The van der Waals surface area contributed by atoms with Crippen molar-refractivity contribution in [3.63, 3.8) is 0 Å². The van der Waals surface area contributed by atoms with E-state index >= 15 is 0 Å². The molecule has 1 fully saturated rings. The topological polar surface area (TPSA) is 49.4 Å². The Morgan fingerprint density at radius 1 is 0.825 bits per heavy atom. The molecule has 0 aliphatic heterocycles.